The van der Waals surface area contributed by atoms with Gasteiger partial charge in [0.25, 0.3) is 0 Å². The van der Waals surface area contributed by atoms with Crippen molar-refractivity contribution in [2.75, 3.05) is 9.80 Å². The van der Waals surface area contributed by atoms with E-state index in [4.69, 9.17) is 0 Å². The van der Waals surface area contributed by atoms with Crippen LogP contribution in [0.4, 0.5) is 34.1 Å². The van der Waals surface area contributed by atoms with Gasteiger partial charge in [-0.1, -0.05) is 354 Å². The average Bonchev–Trinajstić information content (AvgIpc) is 1.52. The molecule has 0 aromatic heterocycles. The Morgan fingerprint density at radius 1 is 0.168 bits per heavy atom. The van der Waals surface area contributed by atoms with Crippen molar-refractivity contribution < 1.29 is 0 Å². The van der Waals surface area contributed by atoms with Crippen molar-refractivity contribution >= 4 is 34.1 Å². The first-order chi connectivity index (χ1) is 58.6. The molecular formula is C117H78N2. The highest BCUT2D eigenvalue weighted by Crippen LogP contribution is 2.68. The van der Waals surface area contributed by atoms with Crippen LogP contribution in [0, 0.1) is 0 Å². The van der Waals surface area contributed by atoms with Gasteiger partial charge in [0.15, 0.2) is 0 Å². The highest BCUT2D eigenvalue weighted by Gasteiger charge is 2.56. The fourth-order valence-corrected chi connectivity index (χ4v) is 24.4. The summed E-state index contributed by atoms with van der Waals surface area (Å²) in [7, 11) is 0. The van der Waals surface area contributed by atoms with E-state index in [2.05, 4.69) is 437 Å². The van der Waals surface area contributed by atoms with Crippen molar-refractivity contribution in [3.63, 3.8) is 0 Å². The third-order valence-corrected chi connectivity index (χ3v) is 29.1. The van der Waals surface area contributed by atoms with Crippen LogP contribution in [0.15, 0.2) is 406 Å². The topological polar surface area (TPSA) is 6.48 Å². The lowest BCUT2D eigenvalue weighted by atomic mass is 9.70. The van der Waals surface area contributed by atoms with Gasteiger partial charge in [0.2, 0.25) is 0 Å². The van der Waals surface area contributed by atoms with Gasteiger partial charge in [0, 0.05) is 45.0 Å². The van der Waals surface area contributed by atoms with Crippen LogP contribution < -0.4 is 9.80 Å². The third-order valence-electron chi connectivity index (χ3n) is 29.1. The molecule has 1 atom stereocenters. The van der Waals surface area contributed by atoms with Crippen LogP contribution in [-0.2, 0) is 33.5 Å². The summed E-state index contributed by atoms with van der Waals surface area (Å²) in [6.07, 6.45) is 0.824. The summed E-state index contributed by atoms with van der Waals surface area (Å²) in [5.41, 5.74) is 50.5. The second kappa shape index (κ2) is 24.1. The predicted octanol–water partition coefficient (Wildman–Crippen LogP) is 29.2. The first-order valence-electron chi connectivity index (χ1n) is 42.2. The van der Waals surface area contributed by atoms with Gasteiger partial charge in [-0.25, -0.2) is 0 Å². The number of benzene rings is 18. The van der Waals surface area contributed by atoms with E-state index in [-0.39, 0.29) is 10.8 Å². The molecule has 0 aliphatic heterocycles. The van der Waals surface area contributed by atoms with Gasteiger partial charge in [-0.3, -0.25) is 0 Å². The highest BCUT2D eigenvalue weighted by atomic mass is 15.1. The van der Waals surface area contributed by atoms with Crippen LogP contribution in [-0.4, -0.2) is 0 Å². The predicted molar refractivity (Wildman–Crippen MR) is 490 cm³/mol. The van der Waals surface area contributed by atoms with Gasteiger partial charge < -0.3 is 9.80 Å². The summed E-state index contributed by atoms with van der Waals surface area (Å²) in [5.74, 6) is 0. The zero-order valence-electron chi connectivity index (χ0n) is 66.3. The Hall–Kier alpha value is -14.4. The molecule has 0 amide bonds. The van der Waals surface area contributed by atoms with Gasteiger partial charge in [0.1, 0.15) is 0 Å². The van der Waals surface area contributed by atoms with Gasteiger partial charge in [-0.2, -0.15) is 0 Å². The van der Waals surface area contributed by atoms with Crippen molar-refractivity contribution in [1.29, 1.82) is 0 Å². The number of fused-ring (bicyclic) bond motifs is 36. The molecule has 0 N–H and O–H groups in total. The Labute approximate surface area is 694 Å². The van der Waals surface area contributed by atoms with E-state index in [0.717, 1.165) is 40.5 Å². The molecule has 2 heteroatoms. The number of rotatable bonds is 9. The second-order valence-electron chi connectivity index (χ2n) is 35.0. The Bertz CT molecular complexity index is 7340. The third kappa shape index (κ3) is 8.59. The molecule has 0 saturated heterocycles. The monoisotopic (exact) mass is 1510 g/mol. The lowest BCUT2D eigenvalue weighted by Gasteiger charge is -2.33. The van der Waals surface area contributed by atoms with E-state index in [1.165, 1.54) is 195 Å². The van der Waals surface area contributed by atoms with E-state index >= 15 is 0 Å². The molecule has 556 valence electrons. The Kier molecular flexibility index (Phi) is 13.5. The largest absolute Gasteiger partial charge is 0.310 e. The first kappa shape index (κ1) is 66.8. The molecular weight excluding hydrogens is 1430 g/mol. The van der Waals surface area contributed by atoms with Gasteiger partial charge >= 0.3 is 0 Å². The number of hydrogen-bond acceptors (Lipinski definition) is 2. The molecule has 2 nitrogen and oxygen atoms in total. The van der Waals surface area contributed by atoms with Crippen LogP contribution in [0.2, 0.25) is 0 Å². The zero-order chi connectivity index (χ0) is 78.4. The molecule has 0 heterocycles. The summed E-state index contributed by atoms with van der Waals surface area (Å²) in [6.45, 7) is 7.41. The maximum absolute atomic E-state index is 2.59. The molecule has 8 aliphatic rings. The molecule has 8 aliphatic carbocycles. The number of hydrogen-bond donors (Lipinski definition) is 0. The van der Waals surface area contributed by atoms with Crippen LogP contribution in [0.5, 0.6) is 0 Å². The van der Waals surface area contributed by atoms with Crippen LogP contribution >= 0.6 is 0 Å². The van der Waals surface area contributed by atoms with E-state index in [1.54, 1.807) is 0 Å². The maximum atomic E-state index is 2.59. The molecule has 0 saturated carbocycles. The summed E-state index contributed by atoms with van der Waals surface area (Å²) in [4.78, 5) is 5.11. The number of anilines is 6. The van der Waals surface area contributed by atoms with Crippen LogP contribution in [0.1, 0.15) is 115 Å². The Morgan fingerprint density at radius 3 is 0.849 bits per heavy atom. The van der Waals surface area contributed by atoms with Crippen LogP contribution in [0.25, 0.3) is 100 Å². The molecule has 0 bridgehead atoms. The van der Waals surface area contributed by atoms with Gasteiger partial charge in [-0.15, -0.1) is 0 Å². The van der Waals surface area contributed by atoms with Gasteiger partial charge in [0.05, 0.1) is 16.2 Å². The fraction of sp³-hybridized carbons (Fsp3) is 0.0769. The minimum absolute atomic E-state index is 0.325. The lowest BCUT2D eigenvalue weighted by molar-refractivity contribution is 0.582. The molecule has 0 fully saturated rings. The van der Waals surface area contributed by atoms with E-state index in [9.17, 15) is 0 Å². The molecule has 3 spiro atoms. The first-order valence-corrected chi connectivity index (χ1v) is 42.2. The van der Waals surface area contributed by atoms with Crippen molar-refractivity contribution in [3.05, 3.63) is 501 Å². The second-order valence-corrected chi connectivity index (χ2v) is 35.0. The molecule has 1 unspecified atom stereocenters. The summed E-state index contributed by atoms with van der Waals surface area (Å²) in [5, 5.41) is 0. The van der Waals surface area contributed by atoms with Crippen molar-refractivity contribution in [2.45, 2.75) is 54.3 Å². The molecule has 0 radical (unpaired) electrons. The highest BCUT2D eigenvalue weighted by molar-refractivity contribution is 6.02. The van der Waals surface area contributed by atoms with Crippen LogP contribution in [0.3, 0.4) is 0 Å². The fourth-order valence-electron chi connectivity index (χ4n) is 24.4. The van der Waals surface area contributed by atoms with Crippen molar-refractivity contribution in [1.82, 2.24) is 0 Å². The lowest BCUT2D eigenvalue weighted by Crippen LogP contribution is -2.26. The summed E-state index contributed by atoms with van der Waals surface area (Å²) < 4.78 is 0. The van der Waals surface area contributed by atoms with E-state index in [1.807, 2.05) is 0 Å². The average molecular weight is 1510 g/mol. The van der Waals surface area contributed by atoms with Crippen molar-refractivity contribution in [2.24, 2.45) is 0 Å². The molecule has 18 aromatic carbocycles. The van der Waals surface area contributed by atoms with Gasteiger partial charge in [-0.05, 0) is 274 Å². The zero-order valence-corrected chi connectivity index (χ0v) is 66.3. The van der Waals surface area contributed by atoms with E-state index in [0.29, 0.717) is 0 Å². The smallest absolute Gasteiger partial charge is 0.0726 e. The maximum Gasteiger partial charge on any atom is 0.0726 e. The van der Waals surface area contributed by atoms with Crippen molar-refractivity contribution in [3.8, 4) is 100 Å². The number of nitrogens with zero attached hydrogens (tertiary/aromatic N) is 2. The summed E-state index contributed by atoms with van der Waals surface area (Å²) >= 11 is 0. The quantitative estimate of drug-likeness (QED) is 0.142. The normalized spacial score (nSPS) is 16.0. The molecule has 18 aromatic rings. The minimum Gasteiger partial charge on any atom is -0.310 e. The molecule has 26 rings (SSSR count). The minimum atomic E-state index is -0.521. The van der Waals surface area contributed by atoms with E-state index < -0.39 is 16.2 Å². The Balaban J connectivity index is 0.604. The Morgan fingerprint density at radius 2 is 0.429 bits per heavy atom. The standard InChI is InChI=1S/C117H78N2/c1-113(2)97-60-52-72(71-114(3)98-42-17-7-39-88(98)94-66-76(55-61-99(94)114)118(75-31-27-30-74(65-75)73-28-5-4-6-29-73)77-56-62-109-95(67-77)89-40-15-25-50-107(89)115(109)100-43-18-8-32-81(100)82-33-9-19-44-101(82)115)64-93(97)92-59-54-79(69-111(92)113)119(78-57-63-110-96(68-78)90-41-16-26-51-108(90)116(110)102-45-20-10-34-83(102)84-35-11-21-46-103(84)116)80-53-58-91-87-38-14-24-49-106(87)117(112(91)70-80)104-47-22-12-36-85(104)86-37-13-23-48-105(86)117/h4-70H,71H2,1-3H3. The summed E-state index contributed by atoms with van der Waals surface area (Å²) in [6, 6.07) is 156. The SMILES string of the molecule is CC1(C)c2ccc(CC3(C)c4ccccc4-c4cc(N(c5cccc(-c6ccccc6)c5)c5ccc6c(c5)-c5ccccc5C65c6ccccc6-c6ccccc65)ccc43)cc2-c2ccc(N(c3ccc4c(c3)-c3ccccc3C43c4ccccc4-c4ccccc43)c3ccc4c(c3)C3(c5ccccc5-c5ccccc53)c3ccccc3-4)cc21. The molecule has 119 heavy (non-hydrogen) atoms.